The molecule has 4 unspecified atom stereocenters. The molecule has 0 aromatic heterocycles. The zero-order chi connectivity index (χ0) is 34.9. The lowest BCUT2D eigenvalue weighted by Crippen LogP contribution is -2.46. The molecule has 0 bridgehead atoms. The number of carbonyl (C=O) groups is 1. The summed E-state index contributed by atoms with van der Waals surface area (Å²) in [6.07, 6.45) is 34.0. The van der Waals surface area contributed by atoms with Crippen molar-refractivity contribution in [3.05, 3.63) is 36.5 Å². The Labute approximate surface area is 287 Å². The number of phosphoric ester groups is 1. The number of nitrogens with one attached hydrogen (secondary N) is 1. The van der Waals surface area contributed by atoms with Gasteiger partial charge in [0.15, 0.2) is 0 Å². The second kappa shape index (κ2) is 33.2. The summed E-state index contributed by atoms with van der Waals surface area (Å²) in [6, 6.07) is -1.00. The molecule has 4 atom stereocenters. The van der Waals surface area contributed by atoms with Crippen LogP contribution in [-0.4, -0.2) is 59.0 Å². The zero-order valence-electron chi connectivity index (χ0n) is 29.9. The van der Waals surface area contributed by atoms with E-state index >= 15 is 0 Å². The molecular weight excluding hydrogens is 615 g/mol. The van der Waals surface area contributed by atoms with Gasteiger partial charge in [0.2, 0.25) is 5.91 Å². The Bertz CT molecular complexity index is 853. The van der Waals surface area contributed by atoms with Gasteiger partial charge in [-0.3, -0.25) is 13.8 Å². The van der Waals surface area contributed by atoms with E-state index in [2.05, 4.69) is 30.5 Å². The first-order valence-electron chi connectivity index (χ1n) is 18.7. The maximum atomic E-state index is 12.7. The fraction of sp³-hybridized carbons (Fsp3) is 0.811. The lowest BCUT2D eigenvalue weighted by atomic mass is 10.0. The standard InChI is InChI=1S/C37H71N2O7P/c1-3-5-7-9-11-13-14-15-16-17-18-19-21-22-24-26-28-34(40)32-37(42)39-35(33-46-47(43,44)45-31-30-38)36(41)29-27-25-23-20-12-10-8-6-4-2/h4,6,12,20,27,29,34-36,40-41H,3,5,7-11,13-19,21-26,28,30-33,38H2,1-2H3,(H,39,42)(H,43,44)/b6-4+,20-12+,29-27+. The van der Waals surface area contributed by atoms with Crippen LogP contribution in [0.5, 0.6) is 0 Å². The number of unbranched alkanes of at least 4 members (excludes halogenated alkanes) is 17. The molecule has 0 saturated heterocycles. The Balaban J connectivity index is 4.34. The maximum absolute atomic E-state index is 12.7. The highest BCUT2D eigenvalue weighted by Gasteiger charge is 2.27. The third-order valence-electron chi connectivity index (χ3n) is 8.10. The predicted molar refractivity (Wildman–Crippen MR) is 195 cm³/mol. The number of nitrogens with two attached hydrogens (primary N) is 1. The Morgan fingerprint density at radius 1 is 0.766 bits per heavy atom. The van der Waals surface area contributed by atoms with Gasteiger partial charge in [-0.1, -0.05) is 146 Å². The quantitative estimate of drug-likeness (QED) is 0.0257. The first kappa shape index (κ1) is 45.7. The second-order valence-electron chi connectivity index (χ2n) is 12.6. The van der Waals surface area contributed by atoms with Gasteiger partial charge in [-0.05, 0) is 39.0 Å². The van der Waals surface area contributed by atoms with Gasteiger partial charge >= 0.3 is 7.82 Å². The van der Waals surface area contributed by atoms with Crippen molar-refractivity contribution in [3.8, 4) is 0 Å². The molecular formula is C37H71N2O7P. The Hall–Kier alpha value is -1.32. The maximum Gasteiger partial charge on any atom is 0.472 e. The number of aliphatic hydroxyl groups excluding tert-OH is 2. The largest absolute Gasteiger partial charge is 0.472 e. The van der Waals surface area contributed by atoms with Crippen molar-refractivity contribution in [1.29, 1.82) is 0 Å². The van der Waals surface area contributed by atoms with Crippen LogP contribution in [-0.2, 0) is 18.4 Å². The van der Waals surface area contributed by atoms with Crippen LogP contribution in [0.15, 0.2) is 36.5 Å². The van der Waals surface area contributed by atoms with Gasteiger partial charge in [-0.25, -0.2) is 4.57 Å². The van der Waals surface area contributed by atoms with Crippen LogP contribution in [0, 0.1) is 0 Å². The van der Waals surface area contributed by atoms with Gasteiger partial charge < -0.3 is 26.2 Å². The summed E-state index contributed by atoms with van der Waals surface area (Å²) in [4.78, 5) is 22.6. The number of aliphatic hydroxyl groups is 2. The third kappa shape index (κ3) is 31.7. The second-order valence-corrected chi connectivity index (χ2v) is 14.1. The molecule has 1 amide bonds. The number of hydrogen-bond donors (Lipinski definition) is 5. The van der Waals surface area contributed by atoms with E-state index in [0.717, 1.165) is 38.5 Å². The van der Waals surface area contributed by atoms with Crippen LogP contribution < -0.4 is 11.1 Å². The molecule has 0 aliphatic rings. The molecule has 9 nitrogen and oxygen atoms in total. The minimum atomic E-state index is -4.40. The average molecular weight is 687 g/mol. The lowest BCUT2D eigenvalue weighted by molar-refractivity contribution is -0.124. The van der Waals surface area contributed by atoms with Crippen LogP contribution >= 0.6 is 7.82 Å². The summed E-state index contributed by atoms with van der Waals surface area (Å²) in [5, 5.41) is 23.8. The van der Waals surface area contributed by atoms with E-state index in [0.29, 0.717) is 12.8 Å². The number of phosphoric acid groups is 1. The topological polar surface area (TPSA) is 151 Å². The van der Waals surface area contributed by atoms with E-state index < -0.39 is 38.6 Å². The van der Waals surface area contributed by atoms with Crippen molar-refractivity contribution in [3.63, 3.8) is 0 Å². The predicted octanol–water partition coefficient (Wildman–Crippen LogP) is 8.58. The highest BCUT2D eigenvalue weighted by atomic mass is 31.2. The van der Waals surface area contributed by atoms with Gasteiger partial charge in [0.25, 0.3) is 0 Å². The summed E-state index contributed by atoms with van der Waals surface area (Å²) >= 11 is 0. The molecule has 47 heavy (non-hydrogen) atoms. The Morgan fingerprint density at radius 2 is 1.26 bits per heavy atom. The summed E-state index contributed by atoms with van der Waals surface area (Å²) < 4.78 is 21.9. The number of allylic oxidation sites excluding steroid dienone is 5. The summed E-state index contributed by atoms with van der Waals surface area (Å²) in [5.74, 6) is -0.463. The van der Waals surface area contributed by atoms with Crippen molar-refractivity contribution in [2.75, 3.05) is 19.8 Å². The van der Waals surface area contributed by atoms with Crippen LogP contribution in [0.3, 0.4) is 0 Å². The van der Waals surface area contributed by atoms with Gasteiger partial charge in [-0.15, -0.1) is 0 Å². The number of hydrogen-bond acceptors (Lipinski definition) is 7. The molecule has 0 rings (SSSR count). The molecule has 6 N–H and O–H groups in total. The highest BCUT2D eigenvalue weighted by Crippen LogP contribution is 2.43. The molecule has 0 radical (unpaired) electrons. The van der Waals surface area contributed by atoms with Gasteiger partial charge in [0, 0.05) is 6.54 Å². The fourth-order valence-corrected chi connectivity index (χ4v) is 6.03. The SMILES string of the molecule is C/C=C/CC/C=C/CC/C=C/C(O)C(COP(=O)(O)OCCN)NC(=O)CC(O)CCCCCCCCCCCCCCCCCC. The van der Waals surface area contributed by atoms with E-state index in [4.69, 9.17) is 14.8 Å². The van der Waals surface area contributed by atoms with E-state index in [1.54, 1.807) is 6.08 Å². The average Bonchev–Trinajstić information content (AvgIpc) is 3.04. The van der Waals surface area contributed by atoms with Gasteiger partial charge in [0.05, 0.1) is 37.9 Å². The van der Waals surface area contributed by atoms with Crippen molar-refractivity contribution in [2.45, 2.75) is 173 Å². The smallest absolute Gasteiger partial charge is 0.393 e. The number of carbonyl (C=O) groups excluding carboxylic acids is 1. The molecule has 0 aromatic rings. The molecule has 276 valence electrons. The van der Waals surface area contributed by atoms with E-state index in [-0.39, 0.29) is 19.6 Å². The Morgan fingerprint density at radius 3 is 1.77 bits per heavy atom. The fourth-order valence-electron chi connectivity index (χ4n) is 5.27. The summed E-state index contributed by atoms with van der Waals surface area (Å²) in [6.45, 7) is 3.69. The lowest BCUT2D eigenvalue weighted by Gasteiger charge is -2.24. The van der Waals surface area contributed by atoms with Crippen LogP contribution in [0.1, 0.15) is 155 Å². The minimum absolute atomic E-state index is 0.0421. The first-order valence-corrected chi connectivity index (χ1v) is 20.2. The molecule has 0 fully saturated rings. The van der Waals surface area contributed by atoms with Crippen LogP contribution in [0.2, 0.25) is 0 Å². The van der Waals surface area contributed by atoms with Crippen molar-refractivity contribution in [2.24, 2.45) is 5.73 Å². The molecule has 10 heteroatoms. The van der Waals surface area contributed by atoms with E-state index in [1.165, 1.54) is 89.5 Å². The molecule has 0 saturated carbocycles. The number of amides is 1. The molecule has 0 aliphatic carbocycles. The van der Waals surface area contributed by atoms with Crippen LogP contribution in [0.25, 0.3) is 0 Å². The van der Waals surface area contributed by atoms with E-state index in [9.17, 15) is 24.5 Å². The van der Waals surface area contributed by atoms with Crippen LogP contribution in [0.4, 0.5) is 0 Å². The molecule has 0 heterocycles. The normalized spacial score (nSPS) is 15.4. The monoisotopic (exact) mass is 686 g/mol. The first-order chi connectivity index (χ1) is 22.8. The van der Waals surface area contributed by atoms with E-state index in [1.807, 2.05) is 13.0 Å². The Kier molecular flexibility index (Phi) is 32.3. The van der Waals surface area contributed by atoms with Crippen molar-refractivity contribution >= 4 is 13.7 Å². The van der Waals surface area contributed by atoms with Gasteiger partial charge in [-0.2, -0.15) is 0 Å². The summed E-state index contributed by atoms with van der Waals surface area (Å²) in [5.41, 5.74) is 5.33. The molecule has 0 aliphatic heterocycles. The van der Waals surface area contributed by atoms with Gasteiger partial charge in [0.1, 0.15) is 0 Å². The third-order valence-corrected chi connectivity index (χ3v) is 9.08. The van der Waals surface area contributed by atoms with Crippen molar-refractivity contribution in [1.82, 2.24) is 5.32 Å². The summed E-state index contributed by atoms with van der Waals surface area (Å²) in [7, 11) is -4.40. The number of rotatable bonds is 34. The molecule has 0 spiro atoms. The molecule has 0 aromatic carbocycles. The minimum Gasteiger partial charge on any atom is -0.393 e. The van der Waals surface area contributed by atoms with Crippen molar-refractivity contribution < 1.29 is 33.5 Å². The zero-order valence-corrected chi connectivity index (χ0v) is 30.8. The highest BCUT2D eigenvalue weighted by molar-refractivity contribution is 7.47.